The van der Waals surface area contributed by atoms with Crippen LogP contribution < -0.4 is 5.32 Å². The maximum absolute atomic E-state index is 12.1. The number of rotatable bonds is 9. The molecule has 0 atom stereocenters. The van der Waals surface area contributed by atoms with Gasteiger partial charge in [0.05, 0.1) is 6.42 Å². The molecule has 0 radical (unpaired) electrons. The van der Waals surface area contributed by atoms with Crippen LogP contribution in [-0.4, -0.2) is 47.4 Å². The fourth-order valence-electron chi connectivity index (χ4n) is 1.93. The van der Waals surface area contributed by atoms with Crippen molar-refractivity contribution in [2.24, 2.45) is 5.92 Å². The summed E-state index contributed by atoms with van der Waals surface area (Å²) < 4.78 is 0. The van der Waals surface area contributed by atoms with Gasteiger partial charge in [-0.2, -0.15) is 11.3 Å². The molecule has 0 fully saturated rings. The van der Waals surface area contributed by atoms with Gasteiger partial charge < -0.3 is 15.3 Å². The molecule has 1 aromatic heterocycles. The monoisotopic (exact) mass is 326 g/mol. The van der Waals surface area contributed by atoms with Gasteiger partial charge in [0.1, 0.15) is 0 Å². The number of carboxylic acid groups (broad SMARTS) is 1. The van der Waals surface area contributed by atoms with Crippen LogP contribution >= 0.6 is 11.3 Å². The molecule has 0 saturated heterocycles. The molecule has 0 saturated carbocycles. The lowest BCUT2D eigenvalue weighted by Gasteiger charge is -2.24. The van der Waals surface area contributed by atoms with Crippen molar-refractivity contribution in [1.29, 1.82) is 0 Å². The van der Waals surface area contributed by atoms with E-state index in [0.29, 0.717) is 12.1 Å². The number of thiophene rings is 1. The molecule has 0 unspecified atom stereocenters. The number of hydrogen-bond donors (Lipinski definition) is 2. The minimum Gasteiger partial charge on any atom is -0.481 e. The third kappa shape index (κ3) is 6.71. The fourth-order valence-corrected chi connectivity index (χ4v) is 2.56. The minimum absolute atomic E-state index is 0.0697. The number of nitrogens with zero attached hydrogens (tertiary/aromatic N) is 1. The van der Waals surface area contributed by atoms with E-state index >= 15 is 0 Å². The van der Waals surface area contributed by atoms with Crippen molar-refractivity contribution < 1.29 is 19.5 Å². The largest absolute Gasteiger partial charge is 0.481 e. The number of amides is 2. The zero-order valence-corrected chi connectivity index (χ0v) is 13.7. The van der Waals surface area contributed by atoms with Crippen LogP contribution in [0.25, 0.3) is 0 Å². The van der Waals surface area contributed by atoms with Crippen molar-refractivity contribution >= 4 is 29.1 Å². The first kappa shape index (κ1) is 18.2. The lowest BCUT2D eigenvalue weighted by Crippen LogP contribution is -2.38. The summed E-state index contributed by atoms with van der Waals surface area (Å²) in [4.78, 5) is 36.1. The second-order valence-electron chi connectivity index (χ2n) is 5.40. The molecular weight excluding hydrogens is 304 g/mol. The van der Waals surface area contributed by atoms with Gasteiger partial charge in [-0.1, -0.05) is 13.8 Å². The van der Waals surface area contributed by atoms with Crippen molar-refractivity contribution in [1.82, 2.24) is 10.2 Å². The Balaban J connectivity index is 2.41. The number of hydrogen-bond acceptors (Lipinski definition) is 4. The van der Waals surface area contributed by atoms with E-state index in [1.54, 1.807) is 16.3 Å². The first-order valence-electron chi connectivity index (χ1n) is 7.20. The van der Waals surface area contributed by atoms with E-state index in [4.69, 9.17) is 5.11 Å². The summed E-state index contributed by atoms with van der Waals surface area (Å²) in [7, 11) is 0. The first-order valence-corrected chi connectivity index (χ1v) is 8.14. The predicted octanol–water partition coefficient (Wildman–Crippen LogP) is 1.83. The number of nitrogens with one attached hydrogen (secondary N) is 1. The zero-order valence-electron chi connectivity index (χ0n) is 12.9. The zero-order chi connectivity index (χ0) is 16.5. The third-order valence-electron chi connectivity index (χ3n) is 2.94. The molecular formula is C15H22N2O4S. The number of carbonyl (C=O) groups is 3. The normalized spacial score (nSPS) is 10.5. The first-order chi connectivity index (χ1) is 10.4. The Morgan fingerprint density at radius 2 is 2.05 bits per heavy atom. The topological polar surface area (TPSA) is 86.7 Å². The van der Waals surface area contributed by atoms with Gasteiger partial charge >= 0.3 is 5.97 Å². The van der Waals surface area contributed by atoms with E-state index in [2.05, 4.69) is 5.32 Å². The third-order valence-corrected chi connectivity index (χ3v) is 3.62. The molecule has 1 heterocycles. The second-order valence-corrected chi connectivity index (χ2v) is 6.18. The highest BCUT2D eigenvalue weighted by molar-refractivity contribution is 7.08. The van der Waals surface area contributed by atoms with Gasteiger partial charge in [0.15, 0.2) is 0 Å². The van der Waals surface area contributed by atoms with Gasteiger partial charge in [0, 0.05) is 37.0 Å². The summed E-state index contributed by atoms with van der Waals surface area (Å²) in [6, 6.07) is 1.72. The van der Waals surface area contributed by atoms with Crippen molar-refractivity contribution in [3.63, 3.8) is 0 Å². The maximum Gasteiger partial charge on any atom is 0.305 e. The molecule has 6 nitrogen and oxygen atoms in total. The maximum atomic E-state index is 12.1. The number of carbonyl (C=O) groups excluding carboxylic acids is 2. The summed E-state index contributed by atoms with van der Waals surface area (Å²) in [6.07, 6.45) is 0.0991. The fraction of sp³-hybridized carbons (Fsp3) is 0.533. The van der Waals surface area contributed by atoms with Crippen LogP contribution in [0.3, 0.4) is 0 Å². The Labute approximate surface area is 134 Å². The Morgan fingerprint density at radius 3 is 2.59 bits per heavy atom. The van der Waals surface area contributed by atoms with Gasteiger partial charge in [0.2, 0.25) is 5.91 Å². The minimum atomic E-state index is -0.924. The van der Waals surface area contributed by atoms with Crippen LogP contribution in [-0.2, 0) is 9.59 Å². The van der Waals surface area contributed by atoms with E-state index < -0.39 is 5.97 Å². The van der Waals surface area contributed by atoms with E-state index in [1.807, 2.05) is 19.2 Å². The van der Waals surface area contributed by atoms with E-state index in [1.165, 1.54) is 11.3 Å². The number of carboxylic acids is 1. The molecule has 0 aliphatic heterocycles. The van der Waals surface area contributed by atoms with Crippen LogP contribution in [0.15, 0.2) is 16.8 Å². The predicted molar refractivity (Wildman–Crippen MR) is 84.9 cm³/mol. The summed E-state index contributed by atoms with van der Waals surface area (Å²) in [5.41, 5.74) is 0.586. The average molecular weight is 326 g/mol. The lowest BCUT2D eigenvalue weighted by atomic mass is 10.2. The molecule has 22 heavy (non-hydrogen) atoms. The van der Waals surface area contributed by atoms with Gasteiger partial charge in [-0.3, -0.25) is 14.4 Å². The molecule has 0 spiro atoms. The van der Waals surface area contributed by atoms with Crippen LogP contribution in [0.1, 0.15) is 37.0 Å². The molecule has 1 aromatic rings. The van der Waals surface area contributed by atoms with E-state index in [0.717, 1.165) is 0 Å². The quantitative estimate of drug-likeness (QED) is 0.725. The molecule has 1 rings (SSSR count). The molecule has 122 valence electrons. The van der Waals surface area contributed by atoms with E-state index in [9.17, 15) is 14.4 Å². The van der Waals surface area contributed by atoms with E-state index in [-0.39, 0.29) is 43.7 Å². The van der Waals surface area contributed by atoms with Crippen LogP contribution in [0.2, 0.25) is 0 Å². The highest BCUT2D eigenvalue weighted by Crippen LogP contribution is 2.06. The Bertz CT molecular complexity index is 500. The van der Waals surface area contributed by atoms with Gasteiger partial charge in [0.25, 0.3) is 5.91 Å². The molecule has 7 heteroatoms. The van der Waals surface area contributed by atoms with Crippen molar-refractivity contribution in [2.45, 2.75) is 26.7 Å². The van der Waals surface area contributed by atoms with Crippen molar-refractivity contribution in [2.75, 3.05) is 19.6 Å². The summed E-state index contributed by atoms with van der Waals surface area (Å²) in [6.45, 7) is 4.91. The Morgan fingerprint density at radius 1 is 1.32 bits per heavy atom. The van der Waals surface area contributed by atoms with Gasteiger partial charge in [-0.05, 0) is 17.4 Å². The highest BCUT2D eigenvalue weighted by Gasteiger charge is 2.16. The molecule has 2 N–H and O–H groups in total. The summed E-state index contributed by atoms with van der Waals surface area (Å²) >= 11 is 1.44. The SMILES string of the molecule is CC(C)CN(CCC(=O)O)C(=O)CCNC(=O)c1ccsc1. The summed E-state index contributed by atoms with van der Waals surface area (Å²) in [5.74, 6) is -0.999. The standard InChI is InChI=1S/C15H22N2O4S/c1-11(2)9-17(7-4-14(19)20)13(18)3-6-16-15(21)12-5-8-22-10-12/h5,8,10-11H,3-4,6-7,9H2,1-2H3,(H,16,21)(H,19,20). The number of aliphatic carboxylic acids is 1. The molecule has 2 amide bonds. The Hall–Kier alpha value is -1.89. The highest BCUT2D eigenvalue weighted by atomic mass is 32.1. The van der Waals surface area contributed by atoms with Crippen LogP contribution in [0, 0.1) is 5.92 Å². The van der Waals surface area contributed by atoms with Crippen LogP contribution in [0.4, 0.5) is 0 Å². The molecule has 0 aliphatic rings. The average Bonchev–Trinajstić information content (AvgIpc) is 2.96. The molecule has 0 aliphatic carbocycles. The second kappa shape index (κ2) is 9.19. The van der Waals surface area contributed by atoms with Crippen molar-refractivity contribution in [3.05, 3.63) is 22.4 Å². The Kier molecular flexibility index (Phi) is 7.59. The lowest BCUT2D eigenvalue weighted by molar-refractivity contribution is -0.138. The van der Waals surface area contributed by atoms with Gasteiger partial charge in [-0.25, -0.2) is 0 Å². The molecule has 0 bridgehead atoms. The summed E-state index contributed by atoms with van der Waals surface area (Å²) in [5, 5.41) is 15.0. The molecule has 0 aromatic carbocycles. The van der Waals surface area contributed by atoms with Crippen molar-refractivity contribution in [3.8, 4) is 0 Å². The van der Waals surface area contributed by atoms with Gasteiger partial charge in [-0.15, -0.1) is 0 Å². The smallest absolute Gasteiger partial charge is 0.305 e. The van der Waals surface area contributed by atoms with Crippen LogP contribution in [0.5, 0.6) is 0 Å².